The minimum absolute atomic E-state index is 0.739. The second-order valence-corrected chi connectivity index (χ2v) is 6.46. The number of furan rings is 1. The maximum Gasteiger partial charge on any atom is 0.120 e. The first-order valence-electron chi connectivity index (χ1n) is 8.76. The Morgan fingerprint density at radius 1 is 1.19 bits per heavy atom. The zero-order chi connectivity index (χ0) is 15.1. The first-order chi connectivity index (χ1) is 10.2. The fourth-order valence-corrected chi connectivity index (χ4v) is 2.62. The normalized spacial score (nSPS) is 15.0. The lowest BCUT2D eigenvalue weighted by molar-refractivity contribution is 0.234. The molecule has 2 rings (SSSR count). The third-order valence-corrected chi connectivity index (χ3v) is 4.24. The molecule has 3 heteroatoms. The van der Waals surface area contributed by atoms with Gasteiger partial charge >= 0.3 is 0 Å². The van der Waals surface area contributed by atoms with E-state index in [1.54, 1.807) is 0 Å². The number of nitrogens with one attached hydrogen (secondary N) is 1. The van der Waals surface area contributed by atoms with Crippen LogP contribution < -0.4 is 5.32 Å². The molecule has 120 valence electrons. The highest BCUT2D eigenvalue weighted by molar-refractivity contribution is 5.20. The molecule has 3 nitrogen and oxygen atoms in total. The number of hydrogen-bond acceptors (Lipinski definition) is 3. The summed E-state index contributed by atoms with van der Waals surface area (Å²) in [6, 6.07) is 2.97. The fourth-order valence-electron chi connectivity index (χ4n) is 2.62. The monoisotopic (exact) mass is 292 g/mol. The number of unbranched alkanes of at least 4 members (excludes halogenated alkanes) is 2. The van der Waals surface area contributed by atoms with Crippen molar-refractivity contribution in [1.29, 1.82) is 0 Å². The lowest BCUT2D eigenvalue weighted by Gasteiger charge is -2.20. The molecule has 1 N–H and O–H groups in total. The van der Waals surface area contributed by atoms with Crippen molar-refractivity contribution in [2.24, 2.45) is 0 Å². The highest BCUT2D eigenvalue weighted by atomic mass is 16.3. The van der Waals surface area contributed by atoms with Crippen LogP contribution in [0.5, 0.6) is 0 Å². The molecule has 1 fully saturated rings. The summed E-state index contributed by atoms with van der Waals surface area (Å²) in [5.74, 6) is 2.26. The van der Waals surface area contributed by atoms with E-state index in [-0.39, 0.29) is 0 Å². The Morgan fingerprint density at radius 2 is 1.86 bits per heavy atom. The summed E-state index contributed by atoms with van der Waals surface area (Å²) >= 11 is 0. The molecule has 1 aliphatic rings. The predicted octanol–water partition coefficient (Wildman–Crippen LogP) is 4.24. The second kappa shape index (κ2) is 8.60. The van der Waals surface area contributed by atoms with Crippen LogP contribution in [0.15, 0.2) is 10.5 Å². The molecule has 0 bridgehead atoms. The Labute approximate surface area is 130 Å². The molecule has 0 spiro atoms. The molecular formula is C18H32N2O. The van der Waals surface area contributed by atoms with Gasteiger partial charge < -0.3 is 9.73 Å². The molecule has 0 unspecified atom stereocenters. The van der Waals surface area contributed by atoms with Crippen molar-refractivity contribution in [3.05, 3.63) is 23.2 Å². The van der Waals surface area contributed by atoms with Gasteiger partial charge in [0.15, 0.2) is 0 Å². The summed E-state index contributed by atoms with van der Waals surface area (Å²) in [6.45, 7) is 10.9. The van der Waals surface area contributed by atoms with E-state index in [2.05, 4.69) is 37.1 Å². The van der Waals surface area contributed by atoms with Gasteiger partial charge in [-0.25, -0.2) is 0 Å². The summed E-state index contributed by atoms with van der Waals surface area (Å²) in [6.07, 6.45) is 7.73. The minimum Gasteiger partial charge on any atom is -0.463 e. The van der Waals surface area contributed by atoms with Crippen molar-refractivity contribution in [3.63, 3.8) is 0 Å². The lowest BCUT2D eigenvalue weighted by atomic mass is 10.2. The molecule has 1 heterocycles. The van der Waals surface area contributed by atoms with Crippen molar-refractivity contribution < 1.29 is 4.42 Å². The Balaban J connectivity index is 1.86. The van der Waals surface area contributed by atoms with E-state index >= 15 is 0 Å². The van der Waals surface area contributed by atoms with Gasteiger partial charge in [-0.2, -0.15) is 0 Å². The maximum absolute atomic E-state index is 6.08. The van der Waals surface area contributed by atoms with Crippen LogP contribution in [0.4, 0.5) is 0 Å². The van der Waals surface area contributed by atoms with Crippen LogP contribution in [0.2, 0.25) is 0 Å². The first kappa shape index (κ1) is 16.6. The molecule has 1 saturated carbocycles. The molecule has 1 aromatic rings. The smallest absolute Gasteiger partial charge is 0.120 e. The molecule has 1 aromatic heterocycles. The third kappa shape index (κ3) is 5.84. The van der Waals surface area contributed by atoms with Crippen molar-refractivity contribution in [3.8, 4) is 0 Å². The predicted molar refractivity (Wildman–Crippen MR) is 88.4 cm³/mol. The maximum atomic E-state index is 6.08. The third-order valence-electron chi connectivity index (χ3n) is 4.24. The highest BCUT2D eigenvalue weighted by Crippen LogP contribution is 2.21. The molecule has 0 aromatic carbocycles. The van der Waals surface area contributed by atoms with Crippen LogP contribution in [-0.2, 0) is 13.1 Å². The Bertz CT molecular complexity index is 401. The summed E-state index contributed by atoms with van der Waals surface area (Å²) < 4.78 is 6.08. The molecule has 0 atom stereocenters. The van der Waals surface area contributed by atoms with E-state index in [0.29, 0.717) is 0 Å². The quantitative estimate of drug-likeness (QED) is 0.661. The molecule has 0 radical (unpaired) electrons. The van der Waals surface area contributed by atoms with Crippen molar-refractivity contribution >= 4 is 0 Å². The largest absolute Gasteiger partial charge is 0.463 e. The van der Waals surface area contributed by atoms with E-state index in [1.807, 2.05) is 0 Å². The van der Waals surface area contributed by atoms with Crippen molar-refractivity contribution in [2.75, 3.05) is 13.1 Å². The van der Waals surface area contributed by atoms with Crippen LogP contribution in [0.1, 0.15) is 69.5 Å². The van der Waals surface area contributed by atoms with Crippen LogP contribution in [0.3, 0.4) is 0 Å². The van der Waals surface area contributed by atoms with Crippen LogP contribution >= 0.6 is 0 Å². The standard InChI is InChI=1S/C18H32N2O/c1-4-6-10-20(11-7-5-2)14-17-12-15(3)18(21-17)13-19-16-8-9-16/h12,16,19H,4-11,13-14H2,1-3H3. The minimum atomic E-state index is 0.739. The van der Waals surface area contributed by atoms with Crippen LogP contribution in [0, 0.1) is 6.92 Å². The summed E-state index contributed by atoms with van der Waals surface area (Å²) in [5, 5.41) is 3.54. The Kier molecular flexibility index (Phi) is 6.78. The number of aryl methyl sites for hydroxylation is 1. The van der Waals surface area contributed by atoms with Gasteiger partial charge in [0.1, 0.15) is 11.5 Å². The first-order valence-corrected chi connectivity index (χ1v) is 8.76. The van der Waals surface area contributed by atoms with Gasteiger partial charge in [-0.1, -0.05) is 26.7 Å². The number of hydrogen-bond donors (Lipinski definition) is 1. The van der Waals surface area contributed by atoms with E-state index in [1.165, 1.54) is 57.2 Å². The summed E-state index contributed by atoms with van der Waals surface area (Å²) in [5.41, 5.74) is 1.30. The SMILES string of the molecule is CCCCN(CCCC)Cc1cc(C)c(CNC2CC2)o1. The van der Waals surface area contributed by atoms with E-state index in [9.17, 15) is 0 Å². The van der Waals surface area contributed by atoms with Gasteiger partial charge in [-0.15, -0.1) is 0 Å². The van der Waals surface area contributed by atoms with Gasteiger partial charge in [0, 0.05) is 6.04 Å². The topological polar surface area (TPSA) is 28.4 Å². The molecule has 1 aliphatic carbocycles. The fraction of sp³-hybridized carbons (Fsp3) is 0.778. The zero-order valence-corrected chi connectivity index (χ0v) is 14.1. The number of rotatable bonds is 11. The molecular weight excluding hydrogens is 260 g/mol. The Hall–Kier alpha value is -0.800. The lowest BCUT2D eigenvalue weighted by Crippen LogP contribution is -2.25. The van der Waals surface area contributed by atoms with Gasteiger partial charge in [0.05, 0.1) is 13.1 Å². The zero-order valence-electron chi connectivity index (χ0n) is 14.1. The average molecular weight is 292 g/mol. The van der Waals surface area contributed by atoms with Crippen molar-refractivity contribution in [1.82, 2.24) is 10.2 Å². The summed E-state index contributed by atoms with van der Waals surface area (Å²) in [4.78, 5) is 2.55. The van der Waals surface area contributed by atoms with E-state index in [0.717, 1.165) is 30.7 Å². The summed E-state index contributed by atoms with van der Waals surface area (Å²) in [7, 11) is 0. The Morgan fingerprint density at radius 3 is 2.43 bits per heavy atom. The average Bonchev–Trinajstić information content (AvgIpc) is 3.24. The van der Waals surface area contributed by atoms with Crippen LogP contribution in [-0.4, -0.2) is 24.0 Å². The van der Waals surface area contributed by atoms with Gasteiger partial charge in [-0.05, 0) is 57.3 Å². The molecule has 0 saturated heterocycles. The molecule has 0 amide bonds. The van der Waals surface area contributed by atoms with Gasteiger partial charge in [0.2, 0.25) is 0 Å². The van der Waals surface area contributed by atoms with E-state index in [4.69, 9.17) is 4.42 Å². The van der Waals surface area contributed by atoms with Crippen molar-refractivity contribution in [2.45, 2.75) is 78.4 Å². The van der Waals surface area contributed by atoms with Gasteiger partial charge in [-0.3, -0.25) is 4.90 Å². The highest BCUT2D eigenvalue weighted by Gasteiger charge is 2.21. The second-order valence-electron chi connectivity index (χ2n) is 6.46. The van der Waals surface area contributed by atoms with E-state index < -0.39 is 0 Å². The van der Waals surface area contributed by atoms with Crippen LogP contribution in [0.25, 0.3) is 0 Å². The molecule has 0 aliphatic heterocycles. The molecule has 21 heavy (non-hydrogen) atoms. The number of nitrogens with zero attached hydrogens (tertiary/aromatic N) is 1. The van der Waals surface area contributed by atoms with Gasteiger partial charge in [0.25, 0.3) is 0 Å².